The largest absolute Gasteiger partial charge is 0.503 e. The Kier molecular flexibility index (Phi) is 2.99. The van der Waals surface area contributed by atoms with Crippen molar-refractivity contribution in [3.63, 3.8) is 0 Å². The number of para-hydroxylation sites is 2. The first-order chi connectivity index (χ1) is 11.5. The second kappa shape index (κ2) is 4.95. The molecule has 1 atom stereocenters. The molecular weight excluding hydrogens is 318 g/mol. The van der Waals surface area contributed by atoms with Crippen LogP contribution < -0.4 is 15.0 Å². The van der Waals surface area contributed by atoms with E-state index in [4.69, 9.17) is 0 Å². The molecule has 1 unspecified atom stereocenters. The van der Waals surface area contributed by atoms with Gasteiger partial charge in [-0.05, 0) is 24.3 Å². The minimum Gasteiger partial charge on any atom is -0.503 e. The predicted octanol–water partition coefficient (Wildman–Crippen LogP) is 3.36. The Morgan fingerprint density at radius 3 is 2.75 bits per heavy atom. The molecule has 0 aromatic heterocycles. The molecule has 2 aliphatic heterocycles. The summed E-state index contributed by atoms with van der Waals surface area (Å²) in [5.74, 6) is -0.994. The summed E-state index contributed by atoms with van der Waals surface area (Å²) in [5.41, 5.74) is 0.624. The van der Waals surface area contributed by atoms with Crippen LogP contribution in [-0.4, -0.2) is 17.6 Å². The average Bonchev–Trinajstić information content (AvgIpc) is 3.00. The zero-order chi connectivity index (χ0) is 16.9. The van der Waals surface area contributed by atoms with Crippen molar-refractivity contribution in [2.45, 2.75) is 12.3 Å². The van der Waals surface area contributed by atoms with Crippen molar-refractivity contribution >= 4 is 17.3 Å². The minimum absolute atomic E-state index is 0.0261. The molecule has 5 nitrogen and oxygen atoms in total. The number of aliphatic hydroxyl groups excluding tert-OH is 1. The summed E-state index contributed by atoms with van der Waals surface area (Å²) in [6.07, 6.45) is 1.37. The lowest BCUT2D eigenvalue weighted by Gasteiger charge is -2.31. The zero-order valence-electron chi connectivity index (χ0n) is 12.2. The van der Waals surface area contributed by atoms with Gasteiger partial charge in [0, 0.05) is 11.6 Å². The van der Waals surface area contributed by atoms with Crippen molar-refractivity contribution in [1.29, 1.82) is 0 Å². The number of nitrogens with zero attached hydrogens (tertiary/aromatic N) is 1. The minimum atomic E-state index is -2.95. The molecule has 0 saturated carbocycles. The van der Waals surface area contributed by atoms with E-state index in [-0.39, 0.29) is 5.75 Å². The number of halogens is 2. The molecule has 2 aromatic rings. The highest BCUT2D eigenvalue weighted by Crippen LogP contribution is 2.50. The predicted molar refractivity (Wildman–Crippen MR) is 83.0 cm³/mol. The number of alkyl halides is 2. The fraction of sp³-hybridized carbons (Fsp3) is 0.118. The summed E-state index contributed by atoms with van der Waals surface area (Å²) in [5, 5.41) is 13.1. The van der Waals surface area contributed by atoms with E-state index < -0.39 is 23.9 Å². The summed E-state index contributed by atoms with van der Waals surface area (Å²) in [6.45, 7) is -2.95. The summed E-state index contributed by atoms with van der Waals surface area (Å²) in [7, 11) is 0. The van der Waals surface area contributed by atoms with Crippen LogP contribution >= 0.6 is 0 Å². The number of carbonyl (C=O) groups is 1. The van der Waals surface area contributed by atoms with Gasteiger partial charge in [0.2, 0.25) is 0 Å². The number of anilines is 2. The third-order valence-corrected chi connectivity index (χ3v) is 4.09. The maximum absolute atomic E-state index is 12.5. The third kappa shape index (κ3) is 1.94. The molecule has 1 amide bonds. The van der Waals surface area contributed by atoms with Crippen LogP contribution in [0.25, 0.3) is 0 Å². The van der Waals surface area contributed by atoms with Gasteiger partial charge >= 0.3 is 6.61 Å². The Labute approximate surface area is 135 Å². The van der Waals surface area contributed by atoms with Gasteiger partial charge in [0.25, 0.3) is 5.91 Å². The maximum Gasteiger partial charge on any atom is 0.387 e. The number of amides is 1. The van der Waals surface area contributed by atoms with E-state index in [1.807, 2.05) is 6.07 Å². The molecule has 2 aromatic carbocycles. The molecule has 0 bridgehead atoms. The number of fused-ring (bicyclic) bond motifs is 3. The van der Waals surface area contributed by atoms with Gasteiger partial charge in [-0.3, -0.25) is 9.69 Å². The van der Waals surface area contributed by atoms with Crippen LogP contribution in [0.5, 0.6) is 5.75 Å². The van der Waals surface area contributed by atoms with Crippen LogP contribution in [-0.2, 0) is 10.5 Å². The van der Waals surface area contributed by atoms with Gasteiger partial charge in [-0.25, -0.2) is 0 Å². The fourth-order valence-corrected chi connectivity index (χ4v) is 3.16. The Balaban J connectivity index is 1.85. The van der Waals surface area contributed by atoms with Crippen LogP contribution in [0.3, 0.4) is 0 Å². The molecule has 0 saturated heterocycles. The van der Waals surface area contributed by atoms with E-state index in [0.717, 1.165) is 0 Å². The molecule has 2 N–H and O–H groups in total. The lowest BCUT2D eigenvalue weighted by Crippen LogP contribution is -2.45. The Morgan fingerprint density at radius 2 is 1.96 bits per heavy atom. The van der Waals surface area contributed by atoms with Gasteiger partial charge in [0.05, 0.1) is 11.4 Å². The molecule has 2 heterocycles. The summed E-state index contributed by atoms with van der Waals surface area (Å²) < 4.78 is 29.4. The first kappa shape index (κ1) is 14.5. The molecule has 2 aliphatic rings. The highest BCUT2D eigenvalue weighted by molar-refractivity contribution is 6.13. The molecule has 122 valence electrons. The number of hydrogen-bond donors (Lipinski definition) is 2. The van der Waals surface area contributed by atoms with Crippen LogP contribution in [0.1, 0.15) is 5.56 Å². The second-order valence-electron chi connectivity index (χ2n) is 5.49. The molecule has 0 radical (unpaired) electrons. The van der Waals surface area contributed by atoms with Crippen molar-refractivity contribution in [1.82, 2.24) is 0 Å². The maximum atomic E-state index is 12.5. The quantitative estimate of drug-likeness (QED) is 0.906. The second-order valence-corrected chi connectivity index (χ2v) is 5.49. The normalized spacial score (nSPS) is 21.4. The van der Waals surface area contributed by atoms with Gasteiger partial charge < -0.3 is 15.2 Å². The zero-order valence-corrected chi connectivity index (χ0v) is 12.2. The average molecular weight is 330 g/mol. The number of nitrogens with one attached hydrogen (secondary N) is 1. The number of hydrogen-bond acceptors (Lipinski definition) is 4. The molecule has 24 heavy (non-hydrogen) atoms. The number of ether oxygens (including phenoxy) is 1. The van der Waals surface area contributed by atoms with Gasteiger partial charge in [0.15, 0.2) is 11.4 Å². The fourth-order valence-electron chi connectivity index (χ4n) is 3.16. The van der Waals surface area contributed by atoms with Gasteiger partial charge in [0.1, 0.15) is 5.75 Å². The highest BCUT2D eigenvalue weighted by Gasteiger charge is 2.52. The van der Waals surface area contributed by atoms with Crippen LogP contribution in [0, 0.1) is 0 Å². The lowest BCUT2D eigenvalue weighted by atomic mass is 9.99. The first-order valence-electron chi connectivity index (χ1n) is 7.20. The first-order valence-corrected chi connectivity index (χ1v) is 7.20. The molecule has 0 fully saturated rings. The summed E-state index contributed by atoms with van der Waals surface area (Å²) in [4.78, 5) is 13.8. The standard InChI is InChI=1S/C17H12F2N2O3/c18-16(19)24-11-5-3-4-10(8-11)17-9-14(22)15(23)21(17)13-7-2-1-6-12(13)20-17/h1-9,16,20,22H. The van der Waals surface area contributed by atoms with E-state index in [9.17, 15) is 18.7 Å². The van der Waals surface area contributed by atoms with Crippen LogP contribution in [0.4, 0.5) is 20.2 Å². The van der Waals surface area contributed by atoms with Gasteiger partial charge in [-0.15, -0.1) is 0 Å². The molecule has 0 spiro atoms. The Morgan fingerprint density at radius 1 is 1.17 bits per heavy atom. The Hall–Kier alpha value is -3.09. The summed E-state index contributed by atoms with van der Waals surface area (Å²) >= 11 is 0. The summed E-state index contributed by atoms with van der Waals surface area (Å²) in [6, 6.07) is 13.2. The van der Waals surface area contributed by atoms with Gasteiger partial charge in [-0.1, -0.05) is 24.3 Å². The highest BCUT2D eigenvalue weighted by atomic mass is 19.3. The number of carbonyl (C=O) groups excluding carboxylic acids is 1. The Bertz CT molecular complexity index is 868. The monoisotopic (exact) mass is 330 g/mol. The molecular formula is C17H12F2N2O3. The number of rotatable bonds is 3. The number of aliphatic hydroxyl groups is 1. The van der Waals surface area contributed by atoms with Crippen LogP contribution in [0.2, 0.25) is 0 Å². The van der Waals surface area contributed by atoms with Crippen LogP contribution in [0.15, 0.2) is 60.4 Å². The molecule has 0 aliphatic carbocycles. The van der Waals surface area contributed by atoms with Crippen molar-refractivity contribution in [3.8, 4) is 5.75 Å². The molecule has 4 rings (SSSR count). The van der Waals surface area contributed by atoms with E-state index in [1.165, 1.54) is 23.1 Å². The number of benzene rings is 2. The van der Waals surface area contributed by atoms with Crippen molar-refractivity contribution in [3.05, 3.63) is 65.9 Å². The topological polar surface area (TPSA) is 61.8 Å². The van der Waals surface area contributed by atoms with E-state index in [2.05, 4.69) is 10.1 Å². The third-order valence-electron chi connectivity index (χ3n) is 4.09. The van der Waals surface area contributed by atoms with Crippen molar-refractivity contribution < 1.29 is 23.4 Å². The van der Waals surface area contributed by atoms with Crippen molar-refractivity contribution in [2.24, 2.45) is 0 Å². The van der Waals surface area contributed by atoms with E-state index >= 15 is 0 Å². The smallest absolute Gasteiger partial charge is 0.387 e. The van der Waals surface area contributed by atoms with E-state index in [1.54, 1.807) is 30.3 Å². The molecule has 7 heteroatoms. The lowest BCUT2D eigenvalue weighted by molar-refractivity contribution is -0.117. The van der Waals surface area contributed by atoms with Gasteiger partial charge in [-0.2, -0.15) is 8.78 Å². The van der Waals surface area contributed by atoms with Crippen molar-refractivity contribution in [2.75, 3.05) is 10.2 Å². The SMILES string of the molecule is O=C1C(O)=CC2(c3cccc(OC(F)F)c3)Nc3ccccc3N12. The van der Waals surface area contributed by atoms with E-state index in [0.29, 0.717) is 16.9 Å².